The maximum atomic E-state index is 12.1. The minimum Gasteiger partial charge on any atom is -0.452 e. The standard InChI is InChI=1S/C21H19N3O4S/c1-13-6-8-15(9-7-13)18-12-29-21(23-18)24-19(26)11-28-20(27)16-4-3-5-17(10-16)22-14(2)25/h3-10,12H,11H2,1-2H3,(H,22,25)(H,23,24,26). The van der Waals surface area contributed by atoms with E-state index in [4.69, 9.17) is 4.74 Å². The predicted octanol–water partition coefficient (Wildman–Crippen LogP) is 3.87. The van der Waals surface area contributed by atoms with Crippen LogP contribution in [0.3, 0.4) is 0 Å². The van der Waals surface area contributed by atoms with Gasteiger partial charge in [-0.3, -0.25) is 14.9 Å². The number of aromatic nitrogens is 1. The Morgan fingerprint density at radius 2 is 1.83 bits per heavy atom. The van der Waals surface area contributed by atoms with Crippen LogP contribution in [0, 0.1) is 6.92 Å². The quantitative estimate of drug-likeness (QED) is 0.602. The number of benzene rings is 2. The van der Waals surface area contributed by atoms with Gasteiger partial charge in [0.2, 0.25) is 5.91 Å². The number of anilines is 2. The summed E-state index contributed by atoms with van der Waals surface area (Å²) in [6, 6.07) is 14.2. The number of amides is 2. The van der Waals surface area contributed by atoms with Crippen LogP contribution in [0.2, 0.25) is 0 Å². The van der Waals surface area contributed by atoms with Crippen LogP contribution in [-0.2, 0) is 14.3 Å². The third-order valence-electron chi connectivity index (χ3n) is 3.85. The van der Waals surface area contributed by atoms with Gasteiger partial charge in [-0.2, -0.15) is 0 Å². The monoisotopic (exact) mass is 409 g/mol. The van der Waals surface area contributed by atoms with E-state index >= 15 is 0 Å². The zero-order chi connectivity index (χ0) is 20.8. The van der Waals surface area contributed by atoms with E-state index < -0.39 is 18.5 Å². The molecular formula is C21H19N3O4S. The Labute approximate surface area is 171 Å². The van der Waals surface area contributed by atoms with E-state index in [0.717, 1.165) is 16.8 Å². The highest BCUT2D eigenvalue weighted by atomic mass is 32.1. The molecule has 1 heterocycles. The van der Waals surface area contributed by atoms with Crippen LogP contribution >= 0.6 is 11.3 Å². The normalized spacial score (nSPS) is 10.3. The fraction of sp³-hybridized carbons (Fsp3) is 0.143. The Balaban J connectivity index is 1.54. The zero-order valence-corrected chi connectivity index (χ0v) is 16.7. The number of thiazole rings is 1. The first-order valence-corrected chi connectivity index (χ1v) is 9.66. The van der Waals surface area contributed by atoms with Crippen molar-refractivity contribution < 1.29 is 19.1 Å². The van der Waals surface area contributed by atoms with Crippen molar-refractivity contribution in [2.45, 2.75) is 13.8 Å². The van der Waals surface area contributed by atoms with Crippen molar-refractivity contribution in [1.29, 1.82) is 0 Å². The molecule has 0 fully saturated rings. The number of carbonyl (C=O) groups excluding carboxylic acids is 3. The largest absolute Gasteiger partial charge is 0.452 e. The molecule has 7 nitrogen and oxygen atoms in total. The van der Waals surface area contributed by atoms with Crippen LogP contribution in [0.5, 0.6) is 0 Å². The molecule has 0 aliphatic heterocycles. The number of aryl methyl sites for hydroxylation is 1. The molecule has 0 atom stereocenters. The lowest BCUT2D eigenvalue weighted by atomic mass is 10.1. The van der Waals surface area contributed by atoms with Gasteiger partial charge in [0, 0.05) is 23.6 Å². The van der Waals surface area contributed by atoms with Gasteiger partial charge in [0.1, 0.15) is 0 Å². The van der Waals surface area contributed by atoms with Crippen molar-refractivity contribution in [2.75, 3.05) is 17.2 Å². The lowest BCUT2D eigenvalue weighted by Crippen LogP contribution is -2.21. The van der Waals surface area contributed by atoms with Gasteiger partial charge in [-0.25, -0.2) is 9.78 Å². The van der Waals surface area contributed by atoms with Crippen LogP contribution in [-0.4, -0.2) is 29.4 Å². The third kappa shape index (κ3) is 5.73. The maximum absolute atomic E-state index is 12.1. The van der Waals surface area contributed by atoms with E-state index in [0.29, 0.717) is 10.8 Å². The summed E-state index contributed by atoms with van der Waals surface area (Å²) in [5.41, 5.74) is 3.58. The summed E-state index contributed by atoms with van der Waals surface area (Å²) in [4.78, 5) is 39.7. The van der Waals surface area contributed by atoms with E-state index in [2.05, 4.69) is 15.6 Å². The summed E-state index contributed by atoms with van der Waals surface area (Å²) in [6.07, 6.45) is 0. The average molecular weight is 409 g/mol. The van der Waals surface area contributed by atoms with Crippen molar-refractivity contribution in [1.82, 2.24) is 4.98 Å². The second-order valence-corrected chi connectivity index (χ2v) is 7.15. The molecule has 8 heteroatoms. The smallest absolute Gasteiger partial charge is 0.338 e. The van der Waals surface area contributed by atoms with Gasteiger partial charge >= 0.3 is 5.97 Å². The topological polar surface area (TPSA) is 97.4 Å². The summed E-state index contributed by atoms with van der Waals surface area (Å²) >= 11 is 1.29. The number of carbonyl (C=O) groups is 3. The Morgan fingerprint density at radius 3 is 2.55 bits per heavy atom. The van der Waals surface area contributed by atoms with Crippen LogP contribution in [0.1, 0.15) is 22.8 Å². The molecule has 0 aliphatic rings. The van der Waals surface area contributed by atoms with Crippen LogP contribution in [0.4, 0.5) is 10.8 Å². The number of esters is 1. The molecule has 1 aromatic heterocycles. The minimum atomic E-state index is -0.660. The van der Waals surface area contributed by atoms with E-state index in [1.807, 2.05) is 36.6 Å². The molecule has 148 valence electrons. The highest BCUT2D eigenvalue weighted by Crippen LogP contribution is 2.25. The van der Waals surface area contributed by atoms with Crippen molar-refractivity contribution in [3.05, 3.63) is 65.0 Å². The molecule has 29 heavy (non-hydrogen) atoms. The van der Waals surface area contributed by atoms with Crippen LogP contribution < -0.4 is 10.6 Å². The Kier molecular flexibility index (Phi) is 6.36. The van der Waals surface area contributed by atoms with E-state index in [1.165, 1.54) is 24.3 Å². The molecule has 0 saturated heterocycles. The number of rotatable bonds is 6. The molecule has 0 bridgehead atoms. The van der Waals surface area contributed by atoms with Gasteiger partial charge in [0.25, 0.3) is 5.91 Å². The molecule has 3 rings (SSSR count). The van der Waals surface area contributed by atoms with Gasteiger partial charge in [-0.1, -0.05) is 35.9 Å². The highest BCUT2D eigenvalue weighted by Gasteiger charge is 2.13. The van der Waals surface area contributed by atoms with E-state index in [9.17, 15) is 14.4 Å². The van der Waals surface area contributed by atoms with Gasteiger partial charge in [0.05, 0.1) is 11.3 Å². The van der Waals surface area contributed by atoms with Gasteiger partial charge in [0.15, 0.2) is 11.7 Å². The number of nitrogens with one attached hydrogen (secondary N) is 2. The second-order valence-electron chi connectivity index (χ2n) is 6.29. The number of nitrogens with zero attached hydrogens (tertiary/aromatic N) is 1. The van der Waals surface area contributed by atoms with Crippen molar-refractivity contribution >= 4 is 39.9 Å². The van der Waals surface area contributed by atoms with Crippen LogP contribution in [0.25, 0.3) is 11.3 Å². The summed E-state index contributed by atoms with van der Waals surface area (Å²) < 4.78 is 5.04. The van der Waals surface area contributed by atoms with Gasteiger partial charge in [-0.05, 0) is 25.1 Å². The Bertz CT molecular complexity index is 1040. The first-order chi connectivity index (χ1) is 13.9. The molecule has 3 aromatic rings. The SMILES string of the molecule is CC(=O)Nc1cccc(C(=O)OCC(=O)Nc2nc(-c3ccc(C)cc3)cs2)c1. The van der Waals surface area contributed by atoms with E-state index in [-0.39, 0.29) is 11.5 Å². The Morgan fingerprint density at radius 1 is 1.07 bits per heavy atom. The molecule has 0 radical (unpaired) electrons. The third-order valence-corrected chi connectivity index (χ3v) is 4.61. The summed E-state index contributed by atoms with van der Waals surface area (Å²) in [6.45, 7) is 2.94. The molecule has 0 saturated carbocycles. The number of hydrogen-bond donors (Lipinski definition) is 2. The molecule has 2 amide bonds. The minimum absolute atomic E-state index is 0.236. The lowest BCUT2D eigenvalue weighted by Gasteiger charge is -2.07. The molecule has 2 N–H and O–H groups in total. The highest BCUT2D eigenvalue weighted by molar-refractivity contribution is 7.14. The molecule has 0 aliphatic carbocycles. The zero-order valence-electron chi connectivity index (χ0n) is 15.9. The maximum Gasteiger partial charge on any atom is 0.338 e. The summed E-state index contributed by atoms with van der Waals surface area (Å²) in [5.74, 6) is -1.39. The van der Waals surface area contributed by atoms with Crippen molar-refractivity contribution in [3.63, 3.8) is 0 Å². The number of hydrogen-bond acceptors (Lipinski definition) is 6. The molecule has 0 spiro atoms. The summed E-state index contributed by atoms with van der Waals surface area (Å²) in [7, 11) is 0. The molecular weight excluding hydrogens is 390 g/mol. The molecule has 2 aromatic carbocycles. The second kappa shape index (κ2) is 9.11. The van der Waals surface area contributed by atoms with Crippen LogP contribution in [0.15, 0.2) is 53.9 Å². The first kappa shape index (κ1) is 20.2. The first-order valence-electron chi connectivity index (χ1n) is 8.78. The fourth-order valence-corrected chi connectivity index (χ4v) is 3.22. The predicted molar refractivity (Wildman–Crippen MR) is 112 cm³/mol. The van der Waals surface area contributed by atoms with E-state index in [1.54, 1.807) is 18.2 Å². The van der Waals surface area contributed by atoms with Gasteiger partial charge in [-0.15, -0.1) is 11.3 Å². The number of ether oxygens (including phenoxy) is 1. The van der Waals surface area contributed by atoms with Gasteiger partial charge < -0.3 is 10.1 Å². The molecule has 0 unspecified atom stereocenters. The van der Waals surface area contributed by atoms with Crippen molar-refractivity contribution in [2.24, 2.45) is 0 Å². The average Bonchev–Trinajstić information content (AvgIpc) is 3.14. The summed E-state index contributed by atoms with van der Waals surface area (Å²) in [5, 5.41) is 7.48. The fourth-order valence-electron chi connectivity index (χ4n) is 2.49. The van der Waals surface area contributed by atoms with Crippen molar-refractivity contribution in [3.8, 4) is 11.3 Å². The lowest BCUT2D eigenvalue weighted by molar-refractivity contribution is -0.119. The Hall–Kier alpha value is -3.52.